The summed E-state index contributed by atoms with van der Waals surface area (Å²) in [5.41, 5.74) is 0. The number of rotatable bonds is 4. The molecule has 2 atom stereocenters. The Morgan fingerprint density at radius 2 is 2.38 bits per heavy atom. The van der Waals surface area contributed by atoms with E-state index in [4.69, 9.17) is 28.0 Å². The summed E-state index contributed by atoms with van der Waals surface area (Å²) in [5, 5.41) is 2.63. The predicted molar refractivity (Wildman–Crippen MR) is 55.7 cm³/mol. The summed E-state index contributed by atoms with van der Waals surface area (Å²) in [7, 11) is 0. The average Bonchev–Trinajstić information content (AvgIpc) is 2.47. The van der Waals surface area contributed by atoms with Gasteiger partial charge in [0.15, 0.2) is 0 Å². The van der Waals surface area contributed by atoms with E-state index in [1.165, 1.54) is 0 Å². The highest BCUT2D eigenvalue weighted by Crippen LogP contribution is 2.29. The molecule has 1 heterocycles. The molecule has 0 amide bonds. The molecule has 0 radical (unpaired) electrons. The third-order valence-electron chi connectivity index (χ3n) is 2.38. The Morgan fingerprint density at radius 3 is 2.92 bits per heavy atom. The lowest BCUT2D eigenvalue weighted by Gasteiger charge is -2.26. The third kappa shape index (κ3) is 2.52. The van der Waals surface area contributed by atoms with E-state index in [0.717, 1.165) is 11.5 Å². The molecule has 0 aromatic carbocycles. The second kappa shape index (κ2) is 5.08. The maximum Gasteiger partial charge on any atom is 0.127 e. The van der Waals surface area contributed by atoms with E-state index < -0.39 is 0 Å². The van der Waals surface area contributed by atoms with Gasteiger partial charge in [-0.2, -0.15) is 0 Å². The second-order valence-electron chi connectivity index (χ2n) is 3.27. The lowest BCUT2D eigenvalue weighted by molar-refractivity contribution is -0.110. The highest BCUT2D eigenvalue weighted by molar-refractivity contribution is 6.30. The molecule has 1 aliphatic heterocycles. The number of nitrogens with zero attached hydrogens (tertiary/aromatic N) is 1. The molecule has 1 rings (SSSR count). The molecule has 0 aromatic heterocycles. The lowest BCUT2D eigenvalue weighted by atomic mass is 9.99. The fourth-order valence-electron chi connectivity index (χ4n) is 1.44. The monoisotopic (exact) mass is 223 g/mol. The Morgan fingerprint density at radius 1 is 1.69 bits per heavy atom. The molecule has 0 bridgehead atoms. The molecule has 0 fully saturated rings. The van der Waals surface area contributed by atoms with E-state index in [9.17, 15) is 0 Å². The molecule has 4 heteroatoms. The molecule has 2 nitrogen and oxygen atoms in total. The normalized spacial score (nSPS) is 25.5. The average molecular weight is 224 g/mol. The third-order valence-corrected chi connectivity index (χ3v) is 2.86. The first-order valence-electron chi connectivity index (χ1n) is 4.55. The largest absolute Gasteiger partial charge is 0.412 e. The van der Waals surface area contributed by atoms with Crippen LogP contribution in [0.1, 0.15) is 20.3 Å². The van der Waals surface area contributed by atoms with Gasteiger partial charge >= 0.3 is 0 Å². The molecule has 0 saturated heterocycles. The summed E-state index contributed by atoms with van der Waals surface area (Å²) in [6, 6.07) is 0.186. The molecule has 0 saturated carbocycles. The van der Waals surface area contributed by atoms with Gasteiger partial charge in [0.2, 0.25) is 0 Å². The Kier molecular flexibility index (Phi) is 4.36. The molecule has 0 spiro atoms. The fraction of sp³-hybridized carbons (Fsp3) is 0.778. The van der Waals surface area contributed by atoms with Crippen molar-refractivity contribution in [1.29, 1.82) is 0 Å². The van der Waals surface area contributed by atoms with Crippen LogP contribution in [0.5, 0.6) is 0 Å². The van der Waals surface area contributed by atoms with Gasteiger partial charge in [-0.3, -0.25) is 0 Å². The quantitative estimate of drug-likeness (QED) is 0.680. The molecule has 1 aliphatic rings. The summed E-state index contributed by atoms with van der Waals surface area (Å²) in [6.45, 7) is 5.02. The van der Waals surface area contributed by atoms with Crippen molar-refractivity contribution in [3.8, 4) is 0 Å². The number of halogens is 2. The summed E-state index contributed by atoms with van der Waals surface area (Å²) < 4.78 is 0. The molecule has 13 heavy (non-hydrogen) atoms. The van der Waals surface area contributed by atoms with Crippen LogP contribution in [0.2, 0.25) is 0 Å². The van der Waals surface area contributed by atoms with Crippen LogP contribution in [0.3, 0.4) is 0 Å². The van der Waals surface area contributed by atoms with Crippen LogP contribution in [-0.4, -0.2) is 23.5 Å². The van der Waals surface area contributed by atoms with Crippen LogP contribution in [0.15, 0.2) is 11.3 Å². The fourth-order valence-corrected chi connectivity index (χ4v) is 1.98. The standard InChI is InChI=1S/C9H15Cl2NO/c1-3-7(2)9-8(11)6-13-12(9)5-4-10/h6-7,9H,3-5H2,1-2H3. The van der Waals surface area contributed by atoms with Gasteiger partial charge in [-0.15, -0.1) is 16.7 Å². The van der Waals surface area contributed by atoms with E-state index in [2.05, 4.69) is 13.8 Å². The predicted octanol–water partition coefficient (Wildman–Crippen LogP) is 2.97. The molecule has 0 aliphatic carbocycles. The Balaban J connectivity index is 2.59. The highest BCUT2D eigenvalue weighted by Gasteiger charge is 2.31. The van der Waals surface area contributed by atoms with Crippen molar-refractivity contribution < 1.29 is 4.84 Å². The minimum Gasteiger partial charge on any atom is -0.412 e. The van der Waals surface area contributed by atoms with Crippen LogP contribution in [0.25, 0.3) is 0 Å². The van der Waals surface area contributed by atoms with Crippen LogP contribution < -0.4 is 0 Å². The van der Waals surface area contributed by atoms with Crippen LogP contribution in [0, 0.1) is 5.92 Å². The number of hydrogen-bond acceptors (Lipinski definition) is 2. The number of hydroxylamine groups is 2. The lowest BCUT2D eigenvalue weighted by Crippen LogP contribution is -2.36. The van der Waals surface area contributed by atoms with Crippen LogP contribution in [0.4, 0.5) is 0 Å². The van der Waals surface area contributed by atoms with Crippen molar-refractivity contribution in [2.45, 2.75) is 26.3 Å². The first-order chi connectivity index (χ1) is 6.20. The van der Waals surface area contributed by atoms with E-state index >= 15 is 0 Å². The van der Waals surface area contributed by atoms with Gasteiger partial charge < -0.3 is 4.84 Å². The molecular formula is C9H15Cl2NO. The zero-order valence-corrected chi connectivity index (χ0v) is 9.48. The van der Waals surface area contributed by atoms with Gasteiger partial charge in [0, 0.05) is 12.4 Å². The van der Waals surface area contributed by atoms with Gasteiger partial charge in [0.05, 0.1) is 11.1 Å². The summed E-state index contributed by atoms with van der Waals surface area (Å²) in [5.74, 6) is 1.06. The summed E-state index contributed by atoms with van der Waals surface area (Å²) in [6.07, 6.45) is 2.68. The number of hydrogen-bond donors (Lipinski definition) is 0. The van der Waals surface area contributed by atoms with Gasteiger partial charge in [-0.1, -0.05) is 31.9 Å². The molecule has 76 valence electrons. The van der Waals surface area contributed by atoms with Crippen LogP contribution >= 0.6 is 23.2 Å². The van der Waals surface area contributed by atoms with E-state index in [1.54, 1.807) is 6.26 Å². The smallest absolute Gasteiger partial charge is 0.127 e. The minimum absolute atomic E-state index is 0.186. The highest BCUT2D eigenvalue weighted by atomic mass is 35.5. The zero-order valence-electron chi connectivity index (χ0n) is 7.96. The van der Waals surface area contributed by atoms with Crippen molar-refractivity contribution in [2.24, 2.45) is 5.92 Å². The maximum absolute atomic E-state index is 6.03. The first-order valence-corrected chi connectivity index (χ1v) is 5.46. The Hall–Kier alpha value is 0.0800. The molecule has 0 N–H and O–H groups in total. The Bertz CT molecular complexity index is 196. The zero-order chi connectivity index (χ0) is 9.84. The van der Waals surface area contributed by atoms with E-state index in [0.29, 0.717) is 18.3 Å². The SMILES string of the molecule is CCC(C)C1C(Cl)=CON1CCCl. The van der Waals surface area contributed by atoms with E-state index in [1.807, 2.05) is 5.06 Å². The van der Waals surface area contributed by atoms with Crippen molar-refractivity contribution in [2.75, 3.05) is 12.4 Å². The summed E-state index contributed by atoms with van der Waals surface area (Å²) >= 11 is 11.7. The molecular weight excluding hydrogens is 209 g/mol. The van der Waals surface area contributed by atoms with Gasteiger partial charge in [-0.25, -0.2) is 0 Å². The van der Waals surface area contributed by atoms with E-state index in [-0.39, 0.29) is 6.04 Å². The Labute approximate surface area is 89.4 Å². The van der Waals surface area contributed by atoms with Crippen molar-refractivity contribution in [3.63, 3.8) is 0 Å². The number of alkyl halides is 1. The molecule has 0 aromatic rings. The topological polar surface area (TPSA) is 12.5 Å². The van der Waals surface area contributed by atoms with Gasteiger partial charge in [-0.05, 0) is 5.92 Å². The minimum atomic E-state index is 0.186. The van der Waals surface area contributed by atoms with Crippen molar-refractivity contribution in [1.82, 2.24) is 5.06 Å². The first kappa shape index (κ1) is 11.2. The van der Waals surface area contributed by atoms with Gasteiger partial charge in [0.1, 0.15) is 6.26 Å². The summed E-state index contributed by atoms with van der Waals surface area (Å²) in [4.78, 5) is 5.30. The van der Waals surface area contributed by atoms with Gasteiger partial charge in [0.25, 0.3) is 0 Å². The van der Waals surface area contributed by atoms with Crippen molar-refractivity contribution >= 4 is 23.2 Å². The second-order valence-corrected chi connectivity index (χ2v) is 4.08. The van der Waals surface area contributed by atoms with Crippen LogP contribution in [-0.2, 0) is 4.84 Å². The maximum atomic E-state index is 6.03. The molecule has 2 unspecified atom stereocenters. The van der Waals surface area contributed by atoms with Crippen molar-refractivity contribution in [3.05, 3.63) is 11.3 Å².